The Hall–Kier alpha value is -1.88. The quantitative estimate of drug-likeness (QED) is 0.216. The van der Waals surface area contributed by atoms with Crippen LogP contribution in [0.25, 0.3) is 0 Å². The van der Waals surface area contributed by atoms with Gasteiger partial charge in [0.1, 0.15) is 6.29 Å². The van der Waals surface area contributed by atoms with E-state index < -0.39 is 0 Å². The Balaban J connectivity index is 0.00000131. The van der Waals surface area contributed by atoms with Gasteiger partial charge in [0.25, 0.3) is 0 Å². The van der Waals surface area contributed by atoms with Gasteiger partial charge >= 0.3 is 0 Å². The van der Waals surface area contributed by atoms with Crippen LogP contribution in [0.2, 0.25) is 0 Å². The first kappa shape index (κ1) is 33.1. The number of nitrogens with zero attached hydrogens (tertiary/aromatic N) is 1. The summed E-state index contributed by atoms with van der Waals surface area (Å²) < 4.78 is 0. The molecule has 0 aromatic carbocycles. The molecule has 9 atom stereocenters. The third kappa shape index (κ3) is 5.62. The maximum absolute atomic E-state index is 11.9. The molecule has 0 heterocycles. The summed E-state index contributed by atoms with van der Waals surface area (Å²) in [5.74, 6) is 2.97. The highest BCUT2D eigenvalue weighted by atomic mass is 16.1. The van der Waals surface area contributed by atoms with Crippen LogP contribution >= 0.6 is 0 Å². The van der Waals surface area contributed by atoms with Crippen molar-refractivity contribution in [3.8, 4) is 6.07 Å². The highest BCUT2D eigenvalue weighted by molar-refractivity contribution is 5.55. The van der Waals surface area contributed by atoms with E-state index >= 15 is 0 Å². The van der Waals surface area contributed by atoms with Crippen LogP contribution in [-0.2, 0) is 4.79 Å². The standard InChI is InChI=1S/C30H43NO.C2H6.C2H4.CH4/c1-19-8-11-28(5)12-9-24-27(25(28)14-19)21(3)15-26-29(24,6)13-10-23(22(4)18-32)30(26,7)16-20(2)17-31;2*1-2;/h15-16,18-19,22-25,27H,3,8-14H2,1-2,4-7H3;1-2H3;1-2H2;1H4/b20-16+;;;. The first-order valence-corrected chi connectivity index (χ1v) is 14.5. The van der Waals surface area contributed by atoms with Crippen LogP contribution < -0.4 is 0 Å². The molecule has 2 nitrogen and oxygen atoms in total. The molecule has 0 aliphatic heterocycles. The van der Waals surface area contributed by atoms with Crippen molar-refractivity contribution < 1.29 is 4.79 Å². The normalized spacial score (nSPS) is 41.2. The lowest BCUT2D eigenvalue weighted by molar-refractivity contribution is -0.114. The molecule has 3 fully saturated rings. The third-order valence-electron chi connectivity index (χ3n) is 10.7. The molecule has 0 aromatic rings. The van der Waals surface area contributed by atoms with E-state index in [1.807, 2.05) is 20.8 Å². The van der Waals surface area contributed by atoms with Crippen molar-refractivity contribution in [2.75, 3.05) is 0 Å². The second kappa shape index (κ2) is 12.8. The molecule has 0 N–H and O–H groups in total. The lowest BCUT2D eigenvalue weighted by atomic mass is 9.40. The number of carbonyl (C=O) groups is 1. The van der Waals surface area contributed by atoms with E-state index in [-0.39, 0.29) is 30.1 Å². The predicted octanol–water partition coefficient (Wildman–Crippen LogP) is 10.1. The molecule has 0 radical (unpaired) electrons. The highest BCUT2D eigenvalue weighted by Crippen LogP contribution is 2.69. The lowest BCUT2D eigenvalue weighted by Crippen LogP contribution is -2.56. The molecule has 4 aliphatic rings. The zero-order valence-electron chi connectivity index (χ0n) is 24.6. The molecule has 0 bridgehead atoms. The van der Waals surface area contributed by atoms with Crippen LogP contribution in [0.5, 0.6) is 0 Å². The van der Waals surface area contributed by atoms with E-state index in [9.17, 15) is 10.1 Å². The van der Waals surface area contributed by atoms with E-state index in [1.54, 1.807) is 0 Å². The Morgan fingerprint density at radius 3 is 2.27 bits per heavy atom. The summed E-state index contributed by atoms with van der Waals surface area (Å²) in [4.78, 5) is 11.9. The average molecular weight is 508 g/mol. The summed E-state index contributed by atoms with van der Waals surface area (Å²) in [5.41, 5.74) is 3.83. The molecule has 9 unspecified atom stereocenters. The fourth-order valence-corrected chi connectivity index (χ4v) is 8.93. The van der Waals surface area contributed by atoms with Crippen molar-refractivity contribution in [1.82, 2.24) is 0 Å². The summed E-state index contributed by atoms with van der Waals surface area (Å²) in [5, 5.41) is 9.62. The van der Waals surface area contributed by atoms with Gasteiger partial charge in [-0.25, -0.2) is 0 Å². The second-order valence-electron chi connectivity index (χ2n) is 12.7. The molecule has 0 aromatic heterocycles. The highest BCUT2D eigenvalue weighted by Gasteiger charge is 2.60. The van der Waals surface area contributed by atoms with Crippen LogP contribution in [0.3, 0.4) is 0 Å². The zero-order valence-corrected chi connectivity index (χ0v) is 24.6. The molecule has 37 heavy (non-hydrogen) atoms. The average Bonchev–Trinajstić information content (AvgIpc) is 2.87. The van der Waals surface area contributed by atoms with E-state index in [2.05, 4.69) is 66.0 Å². The summed E-state index contributed by atoms with van der Waals surface area (Å²) in [6.45, 7) is 28.5. The largest absolute Gasteiger partial charge is 0.303 e. The van der Waals surface area contributed by atoms with Gasteiger partial charge in [-0.2, -0.15) is 5.26 Å². The van der Waals surface area contributed by atoms with Crippen LogP contribution in [0.4, 0.5) is 0 Å². The molecular formula is C35H57NO. The van der Waals surface area contributed by atoms with Crippen LogP contribution in [0.1, 0.15) is 108 Å². The van der Waals surface area contributed by atoms with Crippen LogP contribution in [0, 0.1) is 63.1 Å². The summed E-state index contributed by atoms with van der Waals surface area (Å²) in [6, 6.07) is 2.36. The van der Waals surface area contributed by atoms with Crippen LogP contribution in [-0.4, -0.2) is 6.29 Å². The Kier molecular flexibility index (Phi) is 11.4. The van der Waals surface area contributed by atoms with Gasteiger partial charge in [0.05, 0.1) is 6.07 Å². The van der Waals surface area contributed by atoms with E-state index in [1.165, 1.54) is 43.3 Å². The number of allylic oxidation sites excluding steroid dienone is 5. The van der Waals surface area contributed by atoms with Crippen molar-refractivity contribution in [2.24, 2.45) is 51.8 Å². The number of fused-ring (bicyclic) bond motifs is 5. The van der Waals surface area contributed by atoms with Crippen molar-refractivity contribution in [2.45, 2.75) is 108 Å². The van der Waals surface area contributed by atoms with Crippen molar-refractivity contribution in [3.63, 3.8) is 0 Å². The maximum Gasteiger partial charge on any atom is 0.123 e. The topological polar surface area (TPSA) is 40.9 Å². The molecule has 0 spiro atoms. The summed E-state index contributed by atoms with van der Waals surface area (Å²) in [6.07, 6.45) is 14.6. The van der Waals surface area contributed by atoms with Crippen molar-refractivity contribution >= 4 is 6.29 Å². The molecule has 4 rings (SSSR count). The molecule has 3 saturated carbocycles. The Labute approximate surface area is 230 Å². The number of nitriles is 1. The van der Waals surface area contributed by atoms with Gasteiger partial charge < -0.3 is 4.79 Å². The molecule has 208 valence electrons. The molecule has 4 aliphatic carbocycles. The summed E-state index contributed by atoms with van der Waals surface area (Å²) in [7, 11) is 0. The number of hydrogen-bond donors (Lipinski definition) is 0. The predicted molar refractivity (Wildman–Crippen MR) is 161 cm³/mol. The maximum atomic E-state index is 11.9. The Morgan fingerprint density at radius 2 is 1.70 bits per heavy atom. The molecule has 0 saturated heterocycles. The van der Waals surface area contributed by atoms with Gasteiger partial charge in [-0.3, -0.25) is 0 Å². The fourth-order valence-electron chi connectivity index (χ4n) is 8.93. The molecular weight excluding hydrogens is 450 g/mol. The van der Waals surface area contributed by atoms with Crippen molar-refractivity contribution in [1.29, 1.82) is 5.26 Å². The first-order chi connectivity index (χ1) is 17.0. The first-order valence-electron chi connectivity index (χ1n) is 14.5. The second-order valence-corrected chi connectivity index (χ2v) is 12.7. The van der Waals surface area contributed by atoms with Crippen molar-refractivity contribution in [3.05, 3.63) is 48.6 Å². The van der Waals surface area contributed by atoms with Gasteiger partial charge in [0, 0.05) is 16.9 Å². The fraction of sp³-hybridized carbons (Fsp3) is 0.714. The van der Waals surface area contributed by atoms with Crippen LogP contribution in [0.15, 0.2) is 48.6 Å². The van der Waals surface area contributed by atoms with E-state index in [4.69, 9.17) is 6.58 Å². The van der Waals surface area contributed by atoms with Gasteiger partial charge in [-0.15, -0.1) is 13.2 Å². The van der Waals surface area contributed by atoms with Gasteiger partial charge in [-0.05, 0) is 85.9 Å². The van der Waals surface area contributed by atoms with E-state index in [0.29, 0.717) is 17.3 Å². The number of rotatable bonds is 3. The third-order valence-corrected chi connectivity index (χ3v) is 10.7. The minimum Gasteiger partial charge on any atom is -0.303 e. The zero-order chi connectivity index (χ0) is 27.5. The Bertz CT molecular complexity index is 920. The monoisotopic (exact) mass is 507 g/mol. The van der Waals surface area contributed by atoms with Gasteiger partial charge in [0.15, 0.2) is 0 Å². The number of carbonyl (C=O) groups excluding carboxylic acids is 1. The summed E-state index contributed by atoms with van der Waals surface area (Å²) >= 11 is 0. The van der Waals surface area contributed by atoms with E-state index in [0.717, 1.165) is 36.5 Å². The molecule has 0 amide bonds. The SMILES string of the molecule is C.C=C.C=C1C=C2C(C)(/C=C(\C)C#N)C(C(C)C=O)CCC2(C)C2CCC3(C)CCC(C)CC3C12.CC. The smallest absolute Gasteiger partial charge is 0.123 e. The Morgan fingerprint density at radius 1 is 1.11 bits per heavy atom. The van der Waals surface area contributed by atoms with Gasteiger partial charge in [0.2, 0.25) is 0 Å². The lowest BCUT2D eigenvalue weighted by Gasteiger charge is -2.64. The number of aldehydes is 1. The number of hydrogen-bond acceptors (Lipinski definition) is 2. The van der Waals surface area contributed by atoms with Gasteiger partial charge in [-0.1, -0.05) is 92.2 Å². The molecule has 2 heteroatoms. The minimum absolute atomic E-state index is 0. The minimum atomic E-state index is -0.276.